The highest BCUT2D eigenvalue weighted by Crippen LogP contribution is 2.34. The molecule has 2 aromatic rings. The smallest absolute Gasteiger partial charge is 0.163 e. The number of methoxy groups -OCH3 is 3. The molecule has 0 aliphatic heterocycles. The van der Waals surface area contributed by atoms with Crippen LogP contribution in [0.3, 0.4) is 0 Å². The van der Waals surface area contributed by atoms with Crippen LogP contribution in [0.4, 0.5) is 0 Å². The first-order valence-electron chi connectivity index (χ1n) is 7.80. The average molecular weight is 324 g/mol. The van der Waals surface area contributed by atoms with Gasteiger partial charge in [-0.1, -0.05) is 12.1 Å². The summed E-state index contributed by atoms with van der Waals surface area (Å²) in [7, 11) is 4.85. The monoisotopic (exact) mass is 324 g/mol. The van der Waals surface area contributed by atoms with Gasteiger partial charge in [0.25, 0.3) is 0 Å². The molecule has 0 aromatic heterocycles. The molecule has 0 saturated heterocycles. The van der Waals surface area contributed by atoms with Crippen LogP contribution >= 0.6 is 0 Å². The minimum absolute atomic E-state index is 0.155. The number of ether oxygens (including phenoxy) is 3. The van der Waals surface area contributed by atoms with Crippen LogP contribution in [0, 0.1) is 0 Å². The molecule has 1 aliphatic rings. The van der Waals surface area contributed by atoms with Crippen molar-refractivity contribution >= 4 is 17.4 Å². The van der Waals surface area contributed by atoms with Gasteiger partial charge in [-0.15, -0.1) is 0 Å². The standard InChI is InChI=1S/C20H20O4/c1-22-15-6-7-16-14(12-15)5-8-18(21)17(16)10-13-4-9-19(23-2)20(11-13)24-3/h4,6-7,9-12H,5,8H2,1-3H3/b17-10+. The largest absolute Gasteiger partial charge is 0.497 e. The fraction of sp³-hybridized carbons (Fsp3) is 0.250. The van der Waals surface area contributed by atoms with Crippen LogP contribution in [0.1, 0.15) is 23.1 Å². The maximum Gasteiger partial charge on any atom is 0.163 e. The lowest BCUT2D eigenvalue weighted by molar-refractivity contribution is -0.113. The molecule has 0 atom stereocenters. The summed E-state index contributed by atoms with van der Waals surface area (Å²) in [5.41, 5.74) is 3.74. The van der Waals surface area contributed by atoms with Gasteiger partial charge in [0.2, 0.25) is 0 Å². The van der Waals surface area contributed by atoms with Crippen molar-refractivity contribution in [1.82, 2.24) is 0 Å². The third kappa shape index (κ3) is 3.00. The quantitative estimate of drug-likeness (QED) is 0.803. The molecule has 0 unspecified atom stereocenters. The molecule has 124 valence electrons. The van der Waals surface area contributed by atoms with E-state index in [4.69, 9.17) is 14.2 Å². The number of benzene rings is 2. The molecule has 0 bridgehead atoms. The van der Waals surface area contributed by atoms with Crippen molar-refractivity contribution in [3.05, 3.63) is 53.1 Å². The minimum Gasteiger partial charge on any atom is -0.497 e. The zero-order chi connectivity index (χ0) is 17.1. The summed E-state index contributed by atoms with van der Waals surface area (Å²) < 4.78 is 15.9. The molecule has 0 fully saturated rings. The molecule has 0 radical (unpaired) electrons. The number of aryl methyl sites for hydroxylation is 1. The van der Waals surface area contributed by atoms with Crippen molar-refractivity contribution in [3.8, 4) is 17.2 Å². The molecular weight excluding hydrogens is 304 g/mol. The van der Waals surface area contributed by atoms with E-state index in [9.17, 15) is 4.79 Å². The summed E-state index contributed by atoms with van der Waals surface area (Å²) in [4.78, 5) is 12.4. The topological polar surface area (TPSA) is 44.8 Å². The molecule has 0 heterocycles. The maximum atomic E-state index is 12.4. The predicted molar refractivity (Wildman–Crippen MR) is 93.7 cm³/mol. The number of hydrogen-bond acceptors (Lipinski definition) is 4. The first-order chi connectivity index (χ1) is 11.7. The number of rotatable bonds is 4. The molecule has 0 amide bonds. The molecule has 1 aliphatic carbocycles. The Hall–Kier alpha value is -2.75. The van der Waals surface area contributed by atoms with Crippen molar-refractivity contribution in [2.45, 2.75) is 12.8 Å². The van der Waals surface area contributed by atoms with Crippen molar-refractivity contribution < 1.29 is 19.0 Å². The molecule has 4 heteroatoms. The number of Topliss-reactive ketones (excluding diaryl/α,β-unsaturated/α-hetero) is 1. The van der Waals surface area contributed by atoms with E-state index in [1.54, 1.807) is 21.3 Å². The first-order valence-corrected chi connectivity index (χ1v) is 7.80. The van der Waals surface area contributed by atoms with Crippen LogP contribution in [0.25, 0.3) is 11.6 Å². The molecule has 4 nitrogen and oxygen atoms in total. The Balaban J connectivity index is 2.05. The Morgan fingerprint density at radius 3 is 2.38 bits per heavy atom. The molecule has 0 N–H and O–H groups in total. The summed E-state index contributed by atoms with van der Waals surface area (Å²) in [5.74, 6) is 2.28. The summed E-state index contributed by atoms with van der Waals surface area (Å²) in [5, 5.41) is 0. The van der Waals surface area contributed by atoms with Gasteiger partial charge in [-0.2, -0.15) is 0 Å². The maximum absolute atomic E-state index is 12.4. The zero-order valence-corrected chi connectivity index (χ0v) is 14.1. The van der Waals surface area contributed by atoms with Crippen LogP contribution in [0.2, 0.25) is 0 Å². The van der Waals surface area contributed by atoms with Crippen LogP contribution in [0.15, 0.2) is 36.4 Å². The number of ketones is 1. The van der Waals surface area contributed by atoms with Crippen LogP contribution < -0.4 is 14.2 Å². The van der Waals surface area contributed by atoms with E-state index >= 15 is 0 Å². The summed E-state index contributed by atoms with van der Waals surface area (Å²) in [6.45, 7) is 0. The van der Waals surface area contributed by atoms with Crippen molar-refractivity contribution in [3.63, 3.8) is 0 Å². The van der Waals surface area contributed by atoms with Crippen LogP contribution in [-0.4, -0.2) is 27.1 Å². The Morgan fingerprint density at radius 1 is 0.875 bits per heavy atom. The second-order valence-electron chi connectivity index (χ2n) is 5.62. The van der Waals surface area contributed by atoms with Crippen molar-refractivity contribution in [2.24, 2.45) is 0 Å². The van der Waals surface area contributed by atoms with Gasteiger partial charge in [-0.3, -0.25) is 4.79 Å². The number of allylic oxidation sites excluding steroid dienone is 1. The van der Waals surface area contributed by atoms with Crippen molar-refractivity contribution in [2.75, 3.05) is 21.3 Å². The SMILES string of the molecule is COc1ccc2c(c1)CCC(=O)/C2=C/c1ccc(OC)c(OC)c1. The molecule has 3 rings (SSSR count). The number of carbonyl (C=O) groups excluding carboxylic acids is 1. The summed E-state index contributed by atoms with van der Waals surface area (Å²) in [6.07, 6.45) is 3.17. The first kappa shape index (κ1) is 16.1. The average Bonchev–Trinajstić information content (AvgIpc) is 2.63. The van der Waals surface area contributed by atoms with Gasteiger partial charge in [0.05, 0.1) is 21.3 Å². The lowest BCUT2D eigenvalue weighted by Crippen LogP contribution is -2.12. The molecule has 0 saturated carbocycles. The van der Waals surface area contributed by atoms with Gasteiger partial charge in [-0.05, 0) is 53.5 Å². The minimum atomic E-state index is 0.155. The van der Waals surface area contributed by atoms with Crippen LogP contribution in [0.5, 0.6) is 17.2 Å². The van der Waals surface area contributed by atoms with Gasteiger partial charge in [0, 0.05) is 12.0 Å². The van der Waals surface area contributed by atoms with Crippen LogP contribution in [-0.2, 0) is 11.2 Å². The van der Waals surface area contributed by atoms with Gasteiger partial charge in [-0.25, -0.2) is 0 Å². The van der Waals surface area contributed by atoms with E-state index in [1.807, 2.05) is 42.5 Å². The number of fused-ring (bicyclic) bond motifs is 1. The highest BCUT2D eigenvalue weighted by atomic mass is 16.5. The van der Waals surface area contributed by atoms with Gasteiger partial charge in [0.15, 0.2) is 17.3 Å². The van der Waals surface area contributed by atoms with E-state index in [2.05, 4.69) is 0 Å². The van der Waals surface area contributed by atoms with E-state index in [0.29, 0.717) is 17.9 Å². The fourth-order valence-corrected chi connectivity index (χ4v) is 2.97. The normalized spacial score (nSPS) is 15.1. The van der Waals surface area contributed by atoms with Gasteiger partial charge >= 0.3 is 0 Å². The second kappa shape index (κ2) is 6.79. The lowest BCUT2D eigenvalue weighted by atomic mass is 9.85. The van der Waals surface area contributed by atoms with Gasteiger partial charge in [0.1, 0.15) is 5.75 Å². The third-order valence-electron chi connectivity index (χ3n) is 4.24. The number of carbonyl (C=O) groups is 1. The van der Waals surface area contributed by atoms with Gasteiger partial charge < -0.3 is 14.2 Å². The van der Waals surface area contributed by atoms with Crippen molar-refractivity contribution in [1.29, 1.82) is 0 Å². The third-order valence-corrected chi connectivity index (χ3v) is 4.24. The van der Waals surface area contributed by atoms with E-state index in [1.165, 1.54) is 0 Å². The summed E-state index contributed by atoms with van der Waals surface area (Å²) >= 11 is 0. The fourth-order valence-electron chi connectivity index (χ4n) is 2.97. The summed E-state index contributed by atoms with van der Waals surface area (Å²) in [6, 6.07) is 11.5. The zero-order valence-electron chi connectivity index (χ0n) is 14.1. The van der Waals surface area contributed by atoms with E-state index in [0.717, 1.165) is 34.4 Å². The Bertz CT molecular complexity index is 805. The number of hydrogen-bond donors (Lipinski definition) is 0. The highest BCUT2D eigenvalue weighted by molar-refractivity contribution is 6.26. The second-order valence-corrected chi connectivity index (χ2v) is 5.62. The molecule has 0 spiro atoms. The predicted octanol–water partition coefficient (Wildman–Crippen LogP) is 3.77. The molecule has 2 aromatic carbocycles. The highest BCUT2D eigenvalue weighted by Gasteiger charge is 2.22. The van der Waals surface area contributed by atoms with E-state index < -0.39 is 0 Å². The lowest BCUT2D eigenvalue weighted by Gasteiger charge is -2.19. The Morgan fingerprint density at radius 2 is 1.67 bits per heavy atom. The Labute approximate surface area is 141 Å². The Kier molecular flexibility index (Phi) is 4.56. The van der Waals surface area contributed by atoms with E-state index in [-0.39, 0.29) is 5.78 Å². The molecular formula is C20H20O4. The molecule has 24 heavy (non-hydrogen) atoms.